The SMILES string of the molecule is CCOC(=O)c1sc(NC(=O)CN2C(=O)NC3(C2=O)[C@H](C)CCC[C@H]3C)cc1C. The van der Waals surface area contributed by atoms with Crippen molar-refractivity contribution in [3.05, 3.63) is 16.5 Å². The first-order valence-corrected chi connectivity index (χ1v) is 10.7. The molecule has 1 spiro atoms. The van der Waals surface area contributed by atoms with Gasteiger partial charge in [0.15, 0.2) is 0 Å². The van der Waals surface area contributed by atoms with Crippen molar-refractivity contribution in [3.63, 3.8) is 0 Å². The average Bonchev–Trinajstić information content (AvgIpc) is 3.13. The first-order valence-electron chi connectivity index (χ1n) is 9.92. The van der Waals surface area contributed by atoms with E-state index in [0.717, 1.165) is 35.5 Å². The summed E-state index contributed by atoms with van der Waals surface area (Å²) < 4.78 is 5.00. The summed E-state index contributed by atoms with van der Waals surface area (Å²) in [7, 11) is 0. The molecule has 4 amide bonds. The molecule has 9 heteroatoms. The smallest absolute Gasteiger partial charge is 0.348 e. The molecule has 2 atom stereocenters. The lowest BCUT2D eigenvalue weighted by molar-refractivity contribution is -0.138. The van der Waals surface area contributed by atoms with Crippen LogP contribution in [-0.4, -0.2) is 47.4 Å². The van der Waals surface area contributed by atoms with E-state index in [4.69, 9.17) is 4.74 Å². The molecule has 1 aromatic rings. The van der Waals surface area contributed by atoms with Gasteiger partial charge in [-0.25, -0.2) is 9.59 Å². The lowest BCUT2D eigenvalue weighted by atomic mass is 9.67. The van der Waals surface area contributed by atoms with E-state index < -0.39 is 23.4 Å². The maximum absolute atomic E-state index is 13.1. The van der Waals surface area contributed by atoms with Crippen molar-refractivity contribution in [2.45, 2.75) is 52.5 Å². The van der Waals surface area contributed by atoms with Crippen LogP contribution in [0.3, 0.4) is 0 Å². The Labute approximate surface area is 174 Å². The fourth-order valence-corrected chi connectivity index (χ4v) is 5.34. The molecule has 0 unspecified atom stereocenters. The van der Waals surface area contributed by atoms with E-state index in [2.05, 4.69) is 10.6 Å². The third-order valence-corrected chi connectivity index (χ3v) is 7.06. The normalized spacial score (nSPS) is 23.2. The van der Waals surface area contributed by atoms with Crippen LogP contribution in [0, 0.1) is 18.8 Å². The summed E-state index contributed by atoms with van der Waals surface area (Å²) in [5.41, 5.74) is -0.228. The number of esters is 1. The monoisotopic (exact) mass is 421 g/mol. The number of carbonyl (C=O) groups is 4. The van der Waals surface area contributed by atoms with Gasteiger partial charge in [0.25, 0.3) is 5.91 Å². The summed E-state index contributed by atoms with van der Waals surface area (Å²) >= 11 is 1.11. The fraction of sp³-hybridized carbons (Fsp3) is 0.600. The van der Waals surface area contributed by atoms with E-state index in [-0.39, 0.29) is 30.9 Å². The first kappa shape index (κ1) is 21.3. The van der Waals surface area contributed by atoms with Crippen molar-refractivity contribution in [1.29, 1.82) is 0 Å². The molecule has 2 N–H and O–H groups in total. The zero-order chi connectivity index (χ0) is 21.3. The van der Waals surface area contributed by atoms with Crippen LogP contribution in [0.2, 0.25) is 0 Å². The van der Waals surface area contributed by atoms with Crippen LogP contribution in [0.25, 0.3) is 0 Å². The molecule has 1 aromatic heterocycles. The Morgan fingerprint density at radius 3 is 2.59 bits per heavy atom. The minimum Gasteiger partial charge on any atom is -0.462 e. The molecule has 1 aliphatic carbocycles. The molecule has 1 aliphatic heterocycles. The number of amides is 4. The van der Waals surface area contributed by atoms with Crippen molar-refractivity contribution in [1.82, 2.24) is 10.2 Å². The number of hydrogen-bond acceptors (Lipinski definition) is 6. The number of carbonyl (C=O) groups excluding carboxylic acids is 4. The summed E-state index contributed by atoms with van der Waals surface area (Å²) in [6.45, 7) is 7.33. The number of anilines is 1. The predicted octanol–water partition coefficient (Wildman–Crippen LogP) is 2.92. The minimum atomic E-state index is -0.924. The van der Waals surface area contributed by atoms with Gasteiger partial charge < -0.3 is 15.4 Å². The number of hydrogen-bond donors (Lipinski definition) is 2. The maximum Gasteiger partial charge on any atom is 0.348 e. The number of aryl methyl sites for hydroxylation is 1. The number of nitrogens with one attached hydrogen (secondary N) is 2. The minimum absolute atomic E-state index is 0.0165. The molecule has 2 aliphatic rings. The Morgan fingerprint density at radius 2 is 1.97 bits per heavy atom. The van der Waals surface area contributed by atoms with Gasteiger partial charge in [-0.15, -0.1) is 11.3 Å². The van der Waals surface area contributed by atoms with Gasteiger partial charge in [-0.1, -0.05) is 20.3 Å². The molecular formula is C20H27N3O5S. The number of ether oxygens (including phenoxy) is 1. The van der Waals surface area contributed by atoms with Gasteiger partial charge in [0, 0.05) is 0 Å². The second kappa shape index (κ2) is 8.14. The highest BCUT2D eigenvalue weighted by atomic mass is 32.1. The highest BCUT2D eigenvalue weighted by molar-refractivity contribution is 7.18. The van der Waals surface area contributed by atoms with Gasteiger partial charge in [-0.05, 0) is 50.2 Å². The third-order valence-electron chi connectivity index (χ3n) is 5.93. The van der Waals surface area contributed by atoms with Crippen LogP contribution >= 0.6 is 11.3 Å². The Kier molecular flexibility index (Phi) is 5.97. The fourth-order valence-electron chi connectivity index (χ4n) is 4.36. The van der Waals surface area contributed by atoms with Gasteiger partial charge in [0.05, 0.1) is 11.6 Å². The summed E-state index contributed by atoms with van der Waals surface area (Å²) in [6, 6.07) is 1.15. The molecule has 1 saturated heterocycles. The lowest BCUT2D eigenvalue weighted by Gasteiger charge is -2.42. The second-order valence-electron chi connectivity index (χ2n) is 7.81. The molecule has 3 rings (SSSR count). The Morgan fingerprint density at radius 1 is 1.31 bits per heavy atom. The standard InChI is InChI=1S/C20H27N3O5S/c1-5-28-17(25)16-11(2)9-15(29-16)21-14(24)10-23-18(26)20(22-19(23)27)12(3)7-6-8-13(20)4/h9,12-13H,5-8,10H2,1-4H3,(H,21,24)(H,22,27)/t12-,13-/m1/s1. The van der Waals surface area contributed by atoms with Crippen LogP contribution in [0.15, 0.2) is 6.07 Å². The van der Waals surface area contributed by atoms with Gasteiger partial charge in [0.2, 0.25) is 5.91 Å². The van der Waals surface area contributed by atoms with Crippen molar-refractivity contribution in [2.75, 3.05) is 18.5 Å². The second-order valence-corrected chi connectivity index (χ2v) is 8.87. The molecule has 29 heavy (non-hydrogen) atoms. The summed E-state index contributed by atoms with van der Waals surface area (Å²) in [6.07, 6.45) is 2.75. The number of thiophene rings is 1. The Balaban J connectivity index is 1.70. The Bertz CT molecular complexity index is 839. The zero-order valence-electron chi connectivity index (χ0n) is 17.2. The largest absolute Gasteiger partial charge is 0.462 e. The molecule has 0 aromatic carbocycles. The van der Waals surface area contributed by atoms with E-state index in [1.807, 2.05) is 13.8 Å². The van der Waals surface area contributed by atoms with E-state index in [9.17, 15) is 19.2 Å². The first-order chi connectivity index (χ1) is 13.7. The zero-order valence-corrected chi connectivity index (χ0v) is 18.0. The number of rotatable bonds is 5. The highest BCUT2D eigenvalue weighted by Gasteiger charge is 2.58. The van der Waals surface area contributed by atoms with Gasteiger partial charge >= 0.3 is 12.0 Å². The van der Waals surface area contributed by atoms with E-state index in [0.29, 0.717) is 15.4 Å². The molecule has 158 valence electrons. The van der Waals surface area contributed by atoms with Gasteiger partial charge in [-0.2, -0.15) is 0 Å². The van der Waals surface area contributed by atoms with Crippen molar-refractivity contribution in [2.24, 2.45) is 11.8 Å². The van der Waals surface area contributed by atoms with Gasteiger partial charge in [0.1, 0.15) is 17.0 Å². The maximum atomic E-state index is 13.1. The van der Waals surface area contributed by atoms with Crippen molar-refractivity contribution < 1.29 is 23.9 Å². The molecule has 2 fully saturated rings. The molecule has 8 nitrogen and oxygen atoms in total. The topological polar surface area (TPSA) is 105 Å². The molecule has 0 radical (unpaired) electrons. The molecule has 1 saturated carbocycles. The van der Waals surface area contributed by atoms with Crippen LogP contribution in [0.5, 0.6) is 0 Å². The van der Waals surface area contributed by atoms with Crippen LogP contribution in [-0.2, 0) is 14.3 Å². The number of imide groups is 1. The van der Waals surface area contributed by atoms with Crippen LogP contribution < -0.4 is 10.6 Å². The Hall–Kier alpha value is -2.42. The van der Waals surface area contributed by atoms with Crippen LogP contribution in [0.1, 0.15) is 55.3 Å². The van der Waals surface area contributed by atoms with E-state index in [1.165, 1.54) is 0 Å². The molecular weight excluding hydrogens is 394 g/mol. The highest BCUT2D eigenvalue weighted by Crippen LogP contribution is 2.42. The number of nitrogens with zero attached hydrogens (tertiary/aromatic N) is 1. The van der Waals surface area contributed by atoms with Crippen LogP contribution in [0.4, 0.5) is 9.80 Å². The average molecular weight is 422 g/mol. The quantitative estimate of drug-likeness (QED) is 0.562. The van der Waals surface area contributed by atoms with E-state index in [1.54, 1.807) is 19.9 Å². The van der Waals surface area contributed by atoms with Gasteiger partial charge in [-0.3, -0.25) is 14.5 Å². The summed E-state index contributed by atoms with van der Waals surface area (Å²) in [5.74, 6) is -1.22. The lowest BCUT2D eigenvalue weighted by Crippen LogP contribution is -2.59. The summed E-state index contributed by atoms with van der Waals surface area (Å²) in [4.78, 5) is 51.5. The molecule has 2 heterocycles. The third kappa shape index (κ3) is 3.75. The van der Waals surface area contributed by atoms with E-state index >= 15 is 0 Å². The summed E-state index contributed by atoms with van der Waals surface area (Å²) in [5, 5.41) is 6.03. The predicted molar refractivity (Wildman–Crippen MR) is 109 cm³/mol. The van der Waals surface area contributed by atoms with Crippen molar-refractivity contribution >= 4 is 40.2 Å². The number of urea groups is 1. The van der Waals surface area contributed by atoms with Crippen molar-refractivity contribution in [3.8, 4) is 0 Å². The molecule has 0 bridgehead atoms.